The van der Waals surface area contributed by atoms with E-state index in [1.807, 2.05) is 45.6 Å². The minimum atomic E-state index is 0.188. The summed E-state index contributed by atoms with van der Waals surface area (Å²) in [7, 11) is 0. The van der Waals surface area contributed by atoms with Gasteiger partial charge in [-0.25, -0.2) is 0 Å². The Kier molecular flexibility index (Phi) is 3.64. The maximum absolute atomic E-state index is 12.2. The van der Waals surface area contributed by atoms with Crippen molar-refractivity contribution in [2.75, 3.05) is 13.1 Å². The van der Waals surface area contributed by atoms with E-state index in [-0.39, 0.29) is 5.91 Å². The second-order valence-electron chi connectivity index (χ2n) is 4.94. The van der Waals surface area contributed by atoms with Crippen molar-refractivity contribution in [2.45, 2.75) is 19.4 Å². The SMILES string of the molecule is O=C(c1cccs1)N1CCC(Cn2cccn2)CC1. The Morgan fingerprint density at radius 1 is 1.37 bits per heavy atom. The molecule has 100 valence electrons. The molecule has 0 unspecified atom stereocenters. The van der Waals surface area contributed by atoms with E-state index in [0.717, 1.165) is 37.4 Å². The zero-order chi connectivity index (χ0) is 13.1. The molecule has 1 saturated heterocycles. The molecule has 0 atom stereocenters. The van der Waals surface area contributed by atoms with Crippen LogP contribution in [-0.4, -0.2) is 33.7 Å². The Balaban J connectivity index is 1.53. The molecular formula is C14H17N3OS. The minimum absolute atomic E-state index is 0.188. The van der Waals surface area contributed by atoms with Crippen molar-refractivity contribution in [1.82, 2.24) is 14.7 Å². The van der Waals surface area contributed by atoms with E-state index < -0.39 is 0 Å². The Morgan fingerprint density at radius 2 is 2.21 bits per heavy atom. The zero-order valence-corrected chi connectivity index (χ0v) is 11.6. The maximum atomic E-state index is 12.2. The molecule has 1 amide bonds. The molecule has 0 N–H and O–H groups in total. The molecule has 2 aromatic heterocycles. The highest BCUT2D eigenvalue weighted by atomic mass is 32.1. The first-order chi connectivity index (χ1) is 9.33. The number of amides is 1. The van der Waals surface area contributed by atoms with Crippen molar-refractivity contribution in [2.24, 2.45) is 5.92 Å². The predicted octanol–water partition coefficient (Wildman–Crippen LogP) is 2.50. The summed E-state index contributed by atoms with van der Waals surface area (Å²) in [5, 5.41) is 6.20. The maximum Gasteiger partial charge on any atom is 0.263 e. The van der Waals surface area contributed by atoms with Gasteiger partial charge in [0.15, 0.2) is 0 Å². The number of hydrogen-bond donors (Lipinski definition) is 0. The molecule has 4 nitrogen and oxygen atoms in total. The fourth-order valence-electron chi connectivity index (χ4n) is 2.55. The highest BCUT2D eigenvalue weighted by Gasteiger charge is 2.24. The Hall–Kier alpha value is -1.62. The van der Waals surface area contributed by atoms with Crippen molar-refractivity contribution >= 4 is 17.2 Å². The molecule has 2 aromatic rings. The van der Waals surface area contributed by atoms with Gasteiger partial charge in [-0.3, -0.25) is 9.48 Å². The van der Waals surface area contributed by atoms with Crippen LogP contribution in [0, 0.1) is 5.92 Å². The summed E-state index contributed by atoms with van der Waals surface area (Å²) in [6, 6.07) is 5.79. The summed E-state index contributed by atoms with van der Waals surface area (Å²) in [5.74, 6) is 0.819. The van der Waals surface area contributed by atoms with Crippen LogP contribution in [-0.2, 0) is 6.54 Å². The molecule has 1 aliphatic rings. The number of thiophene rings is 1. The van der Waals surface area contributed by atoms with Crippen LogP contribution in [0.2, 0.25) is 0 Å². The number of hydrogen-bond acceptors (Lipinski definition) is 3. The molecule has 0 spiro atoms. The molecule has 0 radical (unpaired) electrons. The minimum Gasteiger partial charge on any atom is -0.338 e. The summed E-state index contributed by atoms with van der Waals surface area (Å²) >= 11 is 1.52. The normalized spacial score (nSPS) is 16.7. The summed E-state index contributed by atoms with van der Waals surface area (Å²) in [5.41, 5.74) is 0. The molecule has 3 heterocycles. The van der Waals surface area contributed by atoms with Crippen LogP contribution in [0.15, 0.2) is 36.0 Å². The molecule has 0 saturated carbocycles. The van der Waals surface area contributed by atoms with E-state index in [2.05, 4.69) is 5.10 Å². The van der Waals surface area contributed by atoms with Crippen LogP contribution in [0.3, 0.4) is 0 Å². The van der Waals surface area contributed by atoms with Gasteiger partial charge in [0.25, 0.3) is 5.91 Å². The van der Waals surface area contributed by atoms with E-state index in [1.165, 1.54) is 11.3 Å². The van der Waals surface area contributed by atoms with Crippen molar-refractivity contribution in [3.63, 3.8) is 0 Å². The molecule has 1 aliphatic heterocycles. The van der Waals surface area contributed by atoms with Crippen LogP contribution >= 0.6 is 11.3 Å². The molecule has 0 aromatic carbocycles. The van der Waals surface area contributed by atoms with Crippen LogP contribution in [0.4, 0.5) is 0 Å². The molecule has 1 fully saturated rings. The third-order valence-electron chi connectivity index (χ3n) is 3.64. The number of rotatable bonds is 3. The first-order valence-electron chi connectivity index (χ1n) is 6.63. The van der Waals surface area contributed by atoms with E-state index in [9.17, 15) is 4.79 Å². The number of piperidine rings is 1. The Bertz CT molecular complexity index is 513. The lowest BCUT2D eigenvalue weighted by atomic mass is 9.97. The molecule has 0 aliphatic carbocycles. The van der Waals surface area contributed by atoms with Crippen molar-refractivity contribution in [3.8, 4) is 0 Å². The van der Waals surface area contributed by atoms with Gasteiger partial charge in [0.1, 0.15) is 0 Å². The van der Waals surface area contributed by atoms with Gasteiger partial charge in [-0.15, -0.1) is 11.3 Å². The van der Waals surface area contributed by atoms with Gasteiger partial charge in [0.2, 0.25) is 0 Å². The van der Waals surface area contributed by atoms with E-state index in [1.54, 1.807) is 0 Å². The third-order valence-corrected chi connectivity index (χ3v) is 4.50. The van der Waals surface area contributed by atoms with Crippen molar-refractivity contribution < 1.29 is 4.79 Å². The summed E-state index contributed by atoms with van der Waals surface area (Å²) in [4.78, 5) is 15.0. The van der Waals surface area contributed by atoms with Gasteiger partial charge >= 0.3 is 0 Å². The quantitative estimate of drug-likeness (QED) is 0.863. The highest BCUT2D eigenvalue weighted by molar-refractivity contribution is 7.12. The van der Waals surface area contributed by atoms with Gasteiger partial charge in [0.05, 0.1) is 4.88 Å². The van der Waals surface area contributed by atoms with Crippen molar-refractivity contribution in [1.29, 1.82) is 0 Å². The number of carbonyl (C=O) groups is 1. The topological polar surface area (TPSA) is 38.1 Å². The fourth-order valence-corrected chi connectivity index (χ4v) is 3.24. The van der Waals surface area contributed by atoms with Gasteiger partial charge in [-0.1, -0.05) is 6.07 Å². The second-order valence-corrected chi connectivity index (χ2v) is 5.89. The lowest BCUT2D eigenvalue weighted by Gasteiger charge is -2.31. The number of nitrogens with zero attached hydrogens (tertiary/aromatic N) is 3. The van der Waals surface area contributed by atoms with Crippen LogP contribution in [0.25, 0.3) is 0 Å². The van der Waals surface area contributed by atoms with E-state index in [4.69, 9.17) is 0 Å². The van der Waals surface area contributed by atoms with Crippen LogP contribution < -0.4 is 0 Å². The molecule has 3 rings (SSSR count). The lowest BCUT2D eigenvalue weighted by molar-refractivity contribution is 0.0686. The Labute approximate surface area is 116 Å². The van der Waals surface area contributed by atoms with Crippen LogP contribution in [0.1, 0.15) is 22.5 Å². The molecular weight excluding hydrogens is 258 g/mol. The standard InChI is InChI=1S/C14H17N3OS/c18-14(13-3-1-10-19-13)16-8-4-12(5-9-16)11-17-7-2-6-15-17/h1-3,6-7,10,12H,4-5,8-9,11H2. The van der Waals surface area contributed by atoms with Gasteiger partial charge in [-0.2, -0.15) is 5.10 Å². The summed E-state index contributed by atoms with van der Waals surface area (Å²) in [6.45, 7) is 2.69. The first-order valence-corrected chi connectivity index (χ1v) is 7.51. The molecule has 19 heavy (non-hydrogen) atoms. The number of likely N-dealkylation sites (tertiary alicyclic amines) is 1. The number of aromatic nitrogens is 2. The van der Waals surface area contributed by atoms with Gasteiger partial charge in [0, 0.05) is 32.0 Å². The van der Waals surface area contributed by atoms with Crippen LogP contribution in [0.5, 0.6) is 0 Å². The van der Waals surface area contributed by atoms with Gasteiger partial charge in [-0.05, 0) is 36.3 Å². The third kappa shape index (κ3) is 2.87. The van der Waals surface area contributed by atoms with E-state index in [0.29, 0.717) is 5.92 Å². The fraction of sp³-hybridized carbons (Fsp3) is 0.429. The monoisotopic (exact) mass is 275 g/mol. The molecule has 5 heteroatoms. The predicted molar refractivity (Wildman–Crippen MR) is 75.2 cm³/mol. The average molecular weight is 275 g/mol. The number of carbonyl (C=O) groups excluding carboxylic acids is 1. The summed E-state index contributed by atoms with van der Waals surface area (Å²) < 4.78 is 1.99. The van der Waals surface area contributed by atoms with Gasteiger partial charge < -0.3 is 4.90 Å². The average Bonchev–Trinajstić information content (AvgIpc) is 3.12. The largest absolute Gasteiger partial charge is 0.338 e. The highest BCUT2D eigenvalue weighted by Crippen LogP contribution is 2.21. The molecule has 0 bridgehead atoms. The van der Waals surface area contributed by atoms with E-state index >= 15 is 0 Å². The van der Waals surface area contributed by atoms with Crippen molar-refractivity contribution in [3.05, 3.63) is 40.8 Å². The Morgan fingerprint density at radius 3 is 2.84 bits per heavy atom. The smallest absolute Gasteiger partial charge is 0.263 e. The zero-order valence-electron chi connectivity index (χ0n) is 10.7. The first kappa shape index (κ1) is 12.4. The second kappa shape index (κ2) is 5.57. The summed E-state index contributed by atoms with van der Waals surface area (Å²) in [6.07, 6.45) is 5.95. The lowest BCUT2D eigenvalue weighted by Crippen LogP contribution is -2.39.